The number of nitrogens with two attached hydrogens (primary N) is 1. The van der Waals surface area contributed by atoms with E-state index in [2.05, 4.69) is 5.32 Å². The summed E-state index contributed by atoms with van der Waals surface area (Å²) in [4.78, 5) is 34.5. The second-order valence-electron chi connectivity index (χ2n) is 4.08. The van der Waals surface area contributed by atoms with Crippen LogP contribution >= 0.6 is 0 Å². The molecule has 0 aromatic carbocycles. The summed E-state index contributed by atoms with van der Waals surface area (Å²) >= 11 is 0. The number of carboxylic acids is 1. The molecular formula is C10H17N3O4. The molecule has 96 valence electrons. The van der Waals surface area contributed by atoms with Gasteiger partial charge < -0.3 is 21.1 Å². The number of rotatable bonds is 6. The van der Waals surface area contributed by atoms with Crippen molar-refractivity contribution in [3.63, 3.8) is 0 Å². The summed E-state index contributed by atoms with van der Waals surface area (Å²) in [5.74, 6) is -1.67. The van der Waals surface area contributed by atoms with Crippen LogP contribution < -0.4 is 11.1 Å². The number of urea groups is 1. The molecule has 0 heterocycles. The van der Waals surface area contributed by atoms with Crippen molar-refractivity contribution in [2.24, 2.45) is 11.7 Å². The number of hydrogen-bond donors (Lipinski definition) is 3. The zero-order valence-corrected chi connectivity index (χ0v) is 9.68. The number of nitrogens with zero attached hydrogens (tertiary/aromatic N) is 1. The lowest BCUT2D eigenvalue weighted by Gasteiger charge is -2.22. The molecule has 3 amide bonds. The molecule has 7 heteroatoms. The zero-order chi connectivity index (χ0) is 13.0. The predicted octanol–water partition coefficient (Wildman–Crippen LogP) is -0.634. The largest absolute Gasteiger partial charge is 0.480 e. The van der Waals surface area contributed by atoms with E-state index in [0.29, 0.717) is 6.54 Å². The fourth-order valence-electron chi connectivity index (χ4n) is 1.55. The first-order chi connectivity index (χ1) is 7.95. The Morgan fingerprint density at radius 3 is 2.41 bits per heavy atom. The van der Waals surface area contributed by atoms with Gasteiger partial charge in [0, 0.05) is 6.54 Å². The first-order valence-electron chi connectivity index (χ1n) is 5.52. The number of hydrogen-bond acceptors (Lipinski definition) is 3. The average molecular weight is 243 g/mol. The van der Waals surface area contributed by atoms with Gasteiger partial charge in [0.1, 0.15) is 12.6 Å². The Hall–Kier alpha value is -1.79. The van der Waals surface area contributed by atoms with Crippen molar-refractivity contribution in [3.8, 4) is 0 Å². The van der Waals surface area contributed by atoms with Crippen LogP contribution in [-0.2, 0) is 9.59 Å². The maximum absolute atomic E-state index is 11.7. The van der Waals surface area contributed by atoms with Gasteiger partial charge in [-0.25, -0.2) is 9.59 Å². The van der Waals surface area contributed by atoms with Crippen LogP contribution in [0.4, 0.5) is 4.79 Å². The highest BCUT2D eigenvalue weighted by molar-refractivity contribution is 5.86. The van der Waals surface area contributed by atoms with Crippen LogP contribution in [0.15, 0.2) is 0 Å². The number of carbonyl (C=O) groups is 3. The quantitative estimate of drug-likeness (QED) is 0.576. The number of carboxylic acid groups (broad SMARTS) is 1. The molecule has 1 aliphatic rings. The van der Waals surface area contributed by atoms with Crippen LogP contribution in [0.1, 0.15) is 19.8 Å². The summed E-state index contributed by atoms with van der Waals surface area (Å²) in [5.41, 5.74) is 4.99. The summed E-state index contributed by atoms with van der Waals surface area (Å²) in [7, 11) is 0. The normalized spacial score (nSPS) is 16.1. The van der Waals surface area contributed by atoms with E-state index in [9.17, 15) is 14.4 Å². The third-order valence-electron chi connectivity index (χ3n) is 2.65. The highest BCUT2D eigenvalue weighted by Crippen LogP contribution is 2.32. The number of carbonyl (C=O) groups excluding carboxylic acids is 2. The molecule has 0 bridgehead atoms. The number of primary amides is 1. The van der Waals surface area contributed by atoms with Crippen molar-refractivity contribution in [1.29, 1.82) is 0 Å². The maximum Gasteiger partial charge on any atom is 0.326 e. The Kier molecular flexibility index (Phi) is 4.30. The van der Waals surface area contributed by atoms with Crippen molar-refractivity contribution >= 4 is 17.9 Å². The van der Waals surface area contributed by atoms with Crippen molar-refractivity contribution in [2.75, 3.05) is 13.1 Å². The van der Waals surface area contributed by atoms with Crippen molar-refractivity contribution in [3.05, 3.63) is 0 Å². The molecule has 0 saturated heterocycles. The smallest absolute Gasteiger partial charge is 0.326 e. The lowest BCUT2D eigenvalue weighted by molar-refractivity contribution is -0.139. The molecule has 7 nitrogen and oxygen atoms in total. The van der Waals surface area contributed by atoms with Gasteiger partial charge in [-0.1, -0.05) is 0 Å². The van der Waals surface area contributed by atoms with Gasteiger partial charge in [0.05, 0.1) is 0 Å². The van der Waals surface area contributed by atoms with Crippen LogP contribution in [0.5, 0.6) is 0 Å². The van der Waals surface area contributed by atoms with Crippen molar-refractivity contribution in [2.45, 2.75) is 25.8 Å². The van der Waals surface area contributed by atoms with Gasteiger partial charge in [0.15, 0.2) is 0 Å². The summed E-state index contributed by atoms with van der Waals surface area (Å²) < 4.78 is 0. The van der Waals surface area contributed by atoms with Gasteiger partial charge in [-0.05, 0) is 25.7 Å². The minimum Gasteiger partial charge on any atom is -0.480 e. The summed E-state index contributed by atoms with van der Waals surface area (Å²) in [6.07, 6.45) is 1.61. The second kappa shape index (κ2) is 5.51. The van der Waals surface area contributed by atoms with E-state index in [1.54, 1.807) is 6.92 Å². The van der Waals surface area contributed by atoms with Crippen LogP contribution in [0.3, 0.4) is 0 Å². The molecule has 0 radical (unpaired) electrons. The third kappa shape index (κ3) is 3.93. The molecule has 1 rings (SSSR count). The number of likely N-dealkylation sites (N-methyl/N-ethyl adjacent to an activating group) is 1. The maximum atomic E-state index is 11.7. The third-order valence-corrected chi connectivity index (χ3v) is 2.65. The number of amides is 3. The minimum absolute atomic E-state index is 0.00346. The van der Waals surface area contributed by atoms with E-state index in [1.807, 2.05) is 0 Å². The van der Waals surface area contributed by atoms with Gasteiger partial charge in [0.2, 0.25) is 5.91 Å². The molecule has 0 aromatic rings. The van der Waals surface area contributed by atoms with Gasteiger partial charge in [-0.2, -0.15) is 0 Å². The molecule has 1 unspecified atom stereocenters. The van der Waals surface area contributed by atoms with Gasteiger partial charge >= 0.3 is 12.0 Å². The molecule has 0 aromatic heterocycles. The first-order valence-corrected chi connectivity index (χ1v) is 5.52. The monoisotopic (exact) mass is 243 g/mol. The Labute approximate surface area is 98.9 Å². The highest BCUT2D eigenvalue weighted by atomic mass is 16.4. The number of aliphatic carboxylic acids is 1. The predicted molar refractivity (Wildman–Crippen MR) is 59.1 cm³/mol. The second-order valence-corrected chi connectivity index (χ2v) is 4.08. The Morgan fingerprint density at radius 2 is 2.06 bits per heavy atom. The first kappa shape index (κ1) is 13.3. The molecule has 1 atom stereocenters. The standard InChI is InChI=1S/C10H17N3O4/c1-2-13(5-7(11)14)10(17)12-8(9(15)16)6-3-4-6/h6,8H,2-5H2,1H3,(H2,11,14)(H,12,17)(H,15,16). The Balaban J connectivity index is 2.55. The lowest BCUT2D eigenvalue weighted by atomic mass is 10.2. The van der Waals surface area contributed by atoms with Crippen LogP contribution in [0.2, 0.25) is 0 Å². The summed E-state index contributed by atoms with van der Waals surface area (Å²) in [6, 6.07) is -1.44. The van der Waals surface area contributed by atoms with Crippen LogP contribution in [0.25, 0.3) is 0 Å². The molecule has 1 saturated carbocycles. The van der Waals surface area contributed by atoms with Crippen molar-refractivity contribution in [1.82, 2.24) is 10.2 Å². The topological polar surface area (TPSA) is 113 Å². The van der Waals surface area contributed by atoms with E-state index < -0.39 is 23.9 Å². The Bertz CT molecular complexity index is 328. The fourth-order valence-corrected chi connectivity index (χ4v) is 1.55. The molecule has 0 spiro atoms. The minimum atomic E-state index is -1.05. The van der Waals surface area contributed by atoms with Gasteiger partial charge in [-0.15, -0.1) is 0 Å². The average Bonchev–Trinajstić information content (AvgIpc) is 3.05. The van der Waals surface area contributed by atoms with E-state index in [-0.39, 0.29) is 12.5 Å². The molecule has 4 N–H and O–H groups in total. The van der Waals surface area contributed by atoms with Gasteiger partial charge in [-0.3, -0.25) is 4.79 Å². The molecule has 17 heavy (non-hydrogen) atoms. The Morgan fingerprint density at radius 1 is 1.47 bits per heavy atom. The highest BCUT2D eigenvalue weighted by Gasteiger charge is 2.37. The molecule has 1 aliphatic carbocycles. The lowest BCUT2D eigenvalue weighted by Crippen LogP contribution is -2.50. The molecular weight excluding hydrogens is 226 g/mol. The fraction of sp³-hybridized carbons (Fsp3) is 0.700. The number of nitrogens with one attached hydrogen (secondary N) is 1. The molecule has 1 fully saturated rings. The molecule has 0 aliphatic heterocycles. The van der Waals surface area contributed by atoms with E-state index in [1.165, 1.54) is 4.90 Å². The van der Waals surface area contributed by atoms with E-state index in [4.69, 9.17) is 10.8 Å². The summed E-state index contributed by atoms with van der Waals surface area (Å²) in [5, 5.41) is 11.4. The van der Waals surface area contributed by atoms with E-state index in [0.717, 1.165) is 12.8 Å². The summed E-state index contributed by atoms with van der Waals surface area (Å²) in [6.45, 7) is 1.78. The van der Waals surface area contributed by atoms with E-state index >= 15 is 0 Å². The van der Waals surface area contributed by atoms with Gasteiger partial charge in [0.25, 0.3) is 0 Å². The SMILES string of the molecule is CCN(CC(N)=O)C(=O)NC(C(=O)O)C1CC1. The van der Waals surface area contributed by atoms with Crippen molar-refractivity contribution < 1.29 is 19.5 Å². The zero-order valence-electron chi connectivity index (χ0n) is 9.68. The van der Waals surface area contributed by atoms with Crippen LogP contribution in [0, 0.1) is 5.92 Å². The van der Waals surface area contributed by atoms with Crippen LogP contribution in [-0.4, -0.2) is 47.0 Å².